The first-order valence-electron chi connectivity index (χ1n) is 8.37. The van der Waals surface area contributed by atoms with Gasteiger partial charge in [0.15, 0.2) is 5.82 Å². The predicted octanol–water partition coefficient (Wildman–Crippen LogP) is 4.62. The number of nitrogens with zero attached hydrogens (tertiary/aromatic N) is 4. The van der Waals surface area contributed by atoms with E-state index >= 15 is 0 Å². The van der Waals surface area contributed by atoms with Gasteiger partial charge in [-0.15, -0.1) is 0 Å². The average Bonchev–Trinajstić information content (AvgIpc) is 3.02. The minimum absolute atomic E-state index is 0.187. The Morgan fingerprint density at radius 1 is 1.03 bits per heavy atom. The van der Waals surface area contributed by atoms with Crippen molar-refractivity contribution in [2.45, 2.75) is 13.5 Å². The quantitative estimate of drug-likeness (QED) is 0.431. The van der Waals surface area contributed by atoms with Crippen LogP contribution in [0.2, 0.25) is 10.0 Å². The van der Waals surface area contributed by atoms with Gasteiger partial charge in [-0.1, -0.05) is 29.3 Å². The van der Waals surface area contributed by atoms with Crippen molar-refractivity contribution in [2.24, 2.45) is 0 Å². The monoisotopic (exact) mass is 449 g/mol. The molecular weight excluding hydrogens is 437 g/mol. The second-order valence-electron chi connectivity index (χ2n) is 6.28. The van der Waals surface area contributed by atoms with Crippen LogP contribution in [0.25, 0.3) is 0 Å². The number of nitro benzene ring substituents is 2. The molecule has 0 fully saturated rings. The highest BCUT2D eigenvalue weighted by Gasteiger charge is 2.20. The highest BCUT2D eigenvalue weighted by atomic mass is 35.5. The second kappa shape index (κ2) is 8.47. The van der Waals surface area contributed by atoms with Crippen molar-refractivity contribution < 1.29 is 14.6 Å². The standard InChI is InChI=1S/C18H13Cl2N5O5/c1-10-4-17(22-23(10)9-11-2-3-15(19)16(20)5-11)21-18(26)12-6-13(24(27)28)8-14(7-12)25(29)30/h2-8H,9H2,1H3,(H,21,22,26). The first kappa shape index (κ1) is 21.2. The molecule has 1 heterocycles. The van der Waals surface area contributed by atoms with E-state index in [4.69, 9.17) is 23.2 Å². The highest BCUT2D eigenvalue weighted by Crippen LogP contribution is 2.25. The SMILES string of the molecule is Cc1cc(NC(=O)c2cc([N+](=O)[O-])cc([N+](=O)[O-])c2)nn1Cc1ccc(Cl)c(Cl)c1. The number of amides is 1. The Kier molecular flexibility index (Phi) is 5.99. The molecule has 1 amide bonds. The zero-order valence-electron chi connectivity index (χ0n) is 15.3. The molecule has 1 N–H and O–H groups in total. The lowest BCUT2D eigenvalue weighted by Gasteiger charge is -2.06. The molecule has 0 aliphatic rings. The summed E-state index contributed by atoms with van der Waals surface area (Å²) in [5.74, 6) is -0.576. The average molecular weight is 450 g/mol. The first-order chi connectivity index (χ1) is 14.1. The number of anilines is 1. The normalized spacial score (nSPS) is 10.6. The number of halogens is 2. The van der Waals surface area contributed by atoms with Gasteiger partial charge in [-0.25, -0.2) is 0 Å². The lowest BCUT2D eigenvalue weighted by Crippen LogP contribution is -2.13. The summed E-state index contributed by atoms with van der Waals surface area (Å²) in [6, 6.07) is 9.45. The third-order valence-corrected chi connectivity index (χ3v) is 4.86. The molecule has 3 aromatic rings. The van der Waals surface area contributed by atoms with Crippen LogP contribution in [0, 0.1) is 27.2 Å². The van der Waals surface area contributed by atoms with Crippen molar-refractivity contribution in [3.05, 3.63) is 89.6 Å². The maximum atomic E-state index is 12.5. The van der Waals surface area contributed by atoms with Crippen molar-refractivity contribution in [3.8, 4) is 0 Å². The largest absolute Gasteiger partial charge is 0.305 e. The van der Waals surface area contributed by atoms with E-state index in [1.807, 2.05) is 0 Å². The van der Waals surface area contributed by atoms with Crippen LogP contribution in [0.4, 0.5) is 17.2 Å². The molecule has 0 saturated heterocycles. The summed E-state index contributed by atoms with van der Waals surface area (Å²) in [5, 5.41) is 29.6. The first-order valence-corrected chi connectivity index (χ1v) is 9.13. The number of rotatable bonds is 6. The number of non-ortho nitro benzene ring substituents is 2. The predicted molar refractivity (Wildman–Crippen MR) is 110 cm³/mol. The van der Waals surface area contributed by atoms with Crippen LogP contribution in [0.1, 0.15) is 21.6 Å². The van der Waals surface area contributed by atoms with Crippen LogP contribution in [0.5, 0.6) is 0 Å². The molecule has 30 heavy (non-hydrogen) atoms. The van der Waals surface area contributed by atoms with Crippen molar-refractivity contribution in [2.75, 3.05) is 5.32 Å². The van der Waals surface area contributed by atoms with Gasteiger partial charge in [-0.2, -0.15) is 5.10 Å². The number of nitrogens with one attached hydrogen (secondary N) is 1. The summed E-state index contributed by atoms with van der Waals surface area (Å²) in [6.45, 7) is 2.14. The smallest absolute Gasteiger partial charge is 0.277 e. The summed E-state index contributed by atoms with van der Waals surface area (Å²) >= 11 is 11.9. The molecule has 12 heteroatoms. The van der Waals surface area contributed by atoms with Gasteiger partial charge < -0.3 is 5.32 Å². The maximum Gasteiger partial charge on any atom is 0.277 e. The van der Waals surface area contributed by atoms with Gasteiger partial charge in [0.05, 0.1) is 38.1 Å². The van der Waals surface area contributed by atoms with Gasteiger partial charge in [0.25, 0.3) is 17.3 Å². The van der Waals surface area contributed by atoms with Gasteiger partial charge in [0, 0.05) is 23.9 Å². The summed E-state index contributed by atoms with van der Waals surface area (Å²) in [4.78, 5) is 32.9. The van der Waals surface area contributed by atoms with E-state index < -0.39 is 27.1 Å². The van der Waals surface area contributed by atoms with Crippen molar-refractivity contribution >= 4 is 46.3 Å². The van der Waals surface area contributed by atoms with Crippen LogP contribution < -0.4 is 5.32 Å². The fourth-order valence-electron chi connectivity index (χ4n) is 2.67. The van der Waals surface area contributed by atoms with Crippen LogP contribution in [0.3, 0.4) is 0 Å². The molecular formula is C18H13Cl2N5O5. The van der Waals surface area contributed by atoms with Crippen LogP contribution in [-0.4, -0.2) is 25.5 Å². The Labute approximate surface area is 179 Å². The van der Waals surface area contributed by atoms with E-state index in [2.05, 4.69) is 10.4 Å². The highest BCUT2D eigenvalue weighted by molar-refractivity contribution is 6.42. The van der Waals surface area contributed by atoms with Gasteiger partial charge in [0.2, 0.25) is 0 Å². The number of carbonyl (C=O) groups is 1. The third kappa shape index (κ3) is 4.73. The lowest BCUT2D eigenvalue weighted by molar-refractivity contribution is -0.394. The van der Waals surface area contributed by atoms with Gasteiger partial charge in [-0.05, 0) is 24.6 Å². The second-order valence-corrected chi connectivity index (χ2v) is 7.10. The molecule has 0 aliphatic heterocycles. The van der Waals surface area contributed by atoms with Crippen LogP contribution in [0.15, 0.2) is 42.5 Å². The summed E-state index contributed by atoms with van der Waals surface area (Å²) < 4.78 is 1.62. The Bertz CT molecular complexity index is 1150. The minimum Gasteiger partial charge on any atom is -0.305 e. The number of nitro groups is 2. The van der Waals surface area contributed by atoms with E-state index in [1.54, 1.807) is 35.9 Å². The zero-order chi connectivity index (χ0) is 22.0. The fraction of sp³-hybridized carbons (Fsp3) is 0.111. The number of carbonyl (C=O) groups excluding carboxylic acids is 1. The molecule has 10 nitrogen and oxygen atoms in total. The van der Waals surface area contributed by atoms with E-state index in [0.717, 1.165) is 29.5 Å². The molecule has 0 saturated carbocycles. The molecule has 0 aliphatic carbocycles. The van der Waals surface area contributed by atoms with E-state index in [0.29, 0.717) is 16.6 Å². The molecule has 0 radical (unpaired) electrons. The van der Waals surface area contributed by atoms with Crippen LogP contribution in [-0.2, 0) is 6.54 Å². The molecule has 154 valence electrons. The number of hydrogen-bond acceptors (Lipinski definition) is 6. The third-order valence-electron chi connectivity index (χ3n) is 4.13. The molecule has 0 spiro atoms. The molecule has 0 atom stereocenters. The molecule has 2 aromatic carbocycles. The Morgan fingerprint density at radius 3 is 2.23 bits per heavy atom. The Balaban J connectivity index is 1.82. The summed E-state index contributed by atoms with van der Waals surface area (Å²) in [5.41, 5.74) is 0.211. The van der Waals surface area contributed by atoms with Gasteiger partial charge >= 0.3 is 0 Å². The van der Waals surface area contributed by atoms with Gasteiger partial charge in [-0.3, -0.25) is 29.7 Å². The number of aromatic nitrogens is 2. The Hall–Kier alpha value is -3.50. The minimum atomic E-state index is -0.806. The summed E-state index contributed by atoms with van der Waals surface area (Å²) in [7, 11) is 0. The number of aryl methyl sites for hydroxylation is 1. The number of hydrogen-bond donors (Lipinski definition) is 1. The molecule has 3 rings (SSSR count). The molecule has 1 aromatic heterocycles. The molecule has 0 bridgehead atoms. The van der Waals surface area contributed by atoms with Gasteiger partial charge in [0.1, 0.15) is 0 Å². The number of benzene rings is 2. The topological polar surface area (TPSA) is 133 Å². The van der Waals surface area contributed by atoms with Crippen molar-refractivity contribution in [1.82, 2.24) is 9.78 Å². The van der Waals surface area contributed by atoms with E-state index in [9.17, 15) is 25.0 Å². The van der Waals surface area contributed by atoms with Crippen molar-refractivity contribution in [1.29, 1.82) is 0 Å². The van der Waals surface area contributed by atoms with E-state index in [-0.39, 0.29) is 11.4 Å². The molecule has 0 unspecified atom stereocenters. The zero-order valence-corrected chi connectivity index (χ0v) is 16.8. The van der Waals surface area contributed by atoms with Crippen LogP contribution >= 0.6 is 23.2 Å². The van der Waals surface area contributed by atoms with E-state index in [1.165, 1.54) is 0 Å². The maximum absolute atomic E-state index is 12.5. The van der Waals surface area contributed by atoms with Crippen molar-refractivity contribution in [3.63, 3.8) is 0 Å². The fourth-order valence-corrected chi connectivity index (χ4v) is 2.99. The lowest BCUT2D eigenvalue weighted by atomic mass is 10.1. The Morgan fingerprint density at radius 2 is 1.67 bits per heavy atom. The summed E-state index contributed by atoms with van der Waals surface area (Å²) in [6.07, 6.45) is 0.